The summed E-state index contributed by atoms with van der Waals surface area (Å²) < 4.78 is 33.2. The number of ether oxygens (including phenoxy) is 1. The Morgan fingerprint density at radius 3 is 2.16 bits per heavy atom. The van der Waals surface area contributed by atoms with Gasteiger partial charge in [0.15, 0.2) is 0 Å². The zero-order valence-electron chi connectivity index (χ0n) is 23.2. The van der Waals surface area contributed by atoms with Crippen LogP contribution in [-0.4, -0.2) is 80.3 Å². The van der Waals surface area contributed by atoms with Gasteiger partial charge in [0.25, 0.3) is 0 Å². The predicted molar refractivity (Wildman–Crippen MR) is 148 cm³/mol. The normalized spacial score (nSPS) is 15.1. The average molecular weight is 544 g/mol. The fourth-order valence-electron chi connectivity index (χ4n) is 4.63. The van der Waals surface area contributed by atoms with Crippen molar-refractivity contribution in [3.63, 3.8) is 0 Å². The van der Waals surface area contributed by atoms with Crippen LogP contribution in [0.4, 0.5) is 0 Å². The van der Waals surface area contributed by atoms with Crippen LogP contribution >= 0.6 is 0 Å². The molecule has 2 aromatic rings. The standard InChI is InChI=1S/C29H41N3O5S/c1-23-11-13-24(14-12-23)21-32(25-15-17-30(18-16-25)28(34)29(2,3)4)27(33)22-31(19-20-37-5)38(35,36)26-9-7-6-8-10-26/h6-14,25H,15-22H2,1-5H3. The first-order valence-electron chi connectivity index (χ1n) is 13.1. The summed E-state index contributed by atoms with van der Waals surface area (Å²) in [6.07, 6.45) is 1.28. The summed E-state index contributed by atoms with van der Waals surface area (Å²) >= 11 is 0. The molecule has 2 amide bonds. The van der Waals surface area contributed by atoms with Gasteiger partial charge in [-0.1, -0.05) is 68.8 Å². The summed E-state index contributed by atoms with van der Waals surface area (Å²) in [6, 6.07) is 16.1. The largest absolute Gasteiger partial charge is 0.383 e. The van der Waals surface area contributed by atoms with Crippen LogP contribution in [0.5, 0.6) is 0 Å². The highest BCUT2D eigenvalue weighted by Gasteiger charge is 2.35. The summed E-state index contributed by atoms with van der Waals surface area (Å²) in [5.41, 5.74) is 1.64. The van der Waals surface area contributed by atoms with E-state index in [2.05, 4.69) is 0 Å². The molecule has 0 aromatic heterocycles. The van der Waals surface area contributed by atoms with Gasteiger partial charge in [0.2, 0.25) is 21.8 Å². The Kier molecular flexibility index (Phi) is 10.1. The molecule has 208 valence electrons. The lowest BCUT2D eigenvalue weighted by Gasteiger charge is -2.41. The molecule has 0 saturated carbocycles. The summed E-state index contributed by atoms with van der Waals surface area (Å²) in [4.78, 5) is 30.5. The molecule has 0 atom stereocenters. The molecule has 0 radical (unpaired) electrons. The van der Waals surface area contributed by atoms with E-state index in [1.54, 1.807) is 23.1 Å². The number of carbonyl (C=O) groups is 2. The van der Waals surface area contributed by atoms with Crippen molar-refractivity contribution in [2.45, 2.75) is 58.0 Å². The number of benzene rings is 2. The first-order valence-corrected chi connectivity index (χ1v) is 14.6. The monoisotopic (exact) mass is 543 g/mol. The Morgan fingerprint density at radius 1 is 1.00 bits per heavy atom. The second-order valence-electron chi connectivity index (χ2n) is 10.9. The molecule has 0 bridgehead atoms. The van der Waals surface area contributed by atoms with Crippen LogP contribution in [0.15, 0.2) is 59.5 Å². The van der Waals surface area contributed by atoms with Crippen LogP contribution < -0.4 is 0 Å². The lowest BCUT2D eigenvalue weighted by molar-refractivity contribution is -0.142. The minimum Gasteiger partial charge on any atom is -0.383 e. The molecule has 9 heteroatoms. The molecule has 38 heavy (non-hydrogen) atoms. The Labute approximate surface area is 227 Å². The maximum atomic E-state index is 13.8. The predicted octanol–water partition coefficient (Wildman–Crippen LogP) is 3.70. The quantitative estimate of drug-likeness (QED) is 0.456. The number of nitrogens with zero attached hydrogens (tertiary/aromatic N) is 3. The van der Waals surface area contributed by atoms with Gasteiger partial charge in [0, 0.05) is 44.7 Å². The number of piperidine rings is 1. The zero-order valence-corrected chi connectivity index (χ0v) is 24.0. The van der Waals surface area contributed by atoms with E-state index in [9.17, 15) is 18.0 Å². The molecular formula is C29H41N3O5S. The molecule has 0 N–H and O–H groups in total. The summed E-state index contributed by atoms with van der Waals surface area (Å²) in [6.45, 7) is 9.21. The highest BCUT2D eigenvalue weighted by Crippen LogP contribution is 2.25. The van der Waals surface area contributed by atoms with Crippen molar-refractivity contribution in [3.8, 4) is 0 Å². The number of methoxy groups -OCH3 is 1. The number of sulfonamides is 1. The second kappa shape index (κ2) is 12.9. The summed E-state index contributed by atoms with van der Waals surface area (Å²) in [7, 11) is -2.39. The van der Waals surface area contributed by atoms with Crippen LogP contribution in [0.3, 0.4) is 0 Å². The lowest BCUT2D eigenvalue weighted by Crippen LogP contribution is -2.52. The van der Waals surface area contributed by atoms with E-state index in [0.29, 0.717) is 32.5 Å². The van der Waals surface area contributed by atoms with Crippen molar-refractivity contribution in [3.05, 3.63) is 65.7 Å². The summed E-state index contributed by atoms with van der Waals surface area (Å²) in [5, 5.41) is 0. The minimum absolute atomic E-state index is 0.0658. The molecule has 0 unspecified atom stereocenters. The smallest absolute Gasteiger partial charge is 0.243 e. The van der Waals surface area contributed by atoms with Crippen LogP contribution in [0, 0.1) is 12.3 Å². The van der Waals surface area contributed by atoms with Gasteiger partial charge in [-0.25, -0.2) is 8.42 Å². The first kappa shape index (κ1) is 29.8. The zero-order chi connectivity index (χ0) is 27.9. The van der Waals surface area contributed by atoms with E-state index in [1.807, 2.05) is 56.9 Å². The Balaban J connectivity index is 1.84. The number of hydrogen-bond donors (Lipinski definition) is 0. The second-order valence-corrected chi connectivity index (χ2v) is 12.9. The summed E-state index contributed by atoms with van der Waals surface area (Å²) in [5.74, 6) is -0.158. The van der Waals surface area contributed by atoms with Crippen LogP contribution in [0.2, 0.25) is 0 Å². The third-order valence-electron chi connectivity index (χ3n) is 6.87. The molecule has 3 rings (SSSR count). The Bertz CT molecular complexity index is 1170. The third-order valence-corrected chi connectivity index (χ3v) is 8.72. The molecule has 2 aromatic carbocycles. The molecule has 0 spiro atoms. The number of hydrogen-bond acceptors (Lipinski definition) is 5. The van der Waals surface area contributed by atoms with Gasteiger partial charge < -0.3 is 14.5 Å². The fourth-order valence-corrected chi connectivity index (χ4v) is 6.02. The maximum absolute atomic E-state index is 13.8. The van der Waals surface area contributed by atoms with Crippen molar-refractivity contribution in [1.29, 1.82) is 0 Å². The highest BCUT2D eigenvalue weighted by molar-refractivity contribution is 7.89. The van der Waals surface area contributed by atoms with Gasteiger partial charge in [-0.3, -0.25) is 9.59 Å². The molecular weight excluding hydrogens is 502 g/mol. The van der Waals surface area contributed by atoms with Gasteiger partial charge in [-0.05, 0) is 37.5 Å². The van der Waals surface area contributed by atoms with E-state index < -0.39 is 15.4 Å². The molecule has 1 aliphatic heterocycles. The molecule has 1 saturated heterocycles. The van der Waals surface area contributed by atoms with E-state index in [1.165, 1.54) is 23.5 Å². The molecule has 1 fully saturated rings. The molecule has 0 aliphatic carbocycles. The highest BCUT2D eigenvalue weighted by atomic mass is 32.2. The topological polar surface area (TPSA) is 87.2 Å². The van der Waals surface area contributed by atoms with Crippen molar-refractivity contribution in [2.75, 3.05) is 39.9 Å². The van der Waals surface area contributed by atoms with Crippen molar-refractivity contribution >= 4 is 21.8 Å². The van der Waals surface area contributed by atoms with Crippen molar-refractivity contribution < 1.29 is 22.7 Å². The van der Waals surface area contributed by atoms with E-state index >= 15 is 0 Å². The molecule has 1 aliphatic rings. The average Bonchev–Trinajstić information content (AvgIpc) is 2.90. The van der Waals surface area contributed by atoms with E-state index in [-0.39, 0.29) is 42.4 Å². The van der Waals surface area contributed by atoms with Crippen LogP contribution in [0.1, 0.15) is 44.7 Å². The fraction of sp³-hybridized carbons (Fsp3) is 0.517. The van der Waals surface area contributed by atoms with Gasteiger partial charge >= 0.3 is 0 Å². The lowest BCUT2D eigenvalue weighted by atomic mass is 9.92. The van der Waals surface area contributed by atoms with Gasteiger partial charge in [0.1, 0.15) is 0 Å². The van der Waals surface area contributed by atoms with Crippen molar-refractivity contribution in [2.24, 2.45) is 5.41 Å². The van der Waals surface area contributed by atoms with Gasteiger partial charge in [-0.2, -0.15) is 4.31 Å². The van der Waals surface area contributed by atoms with Gasteiger partial charge in [0.05, 0.1) is 18.0 Å². The number of carbonyl (C=O) groups excluding carboxylic acids is 2. The minimum atomic E-state index is -3.89. The SMILES string of the molecule is COCCN(CC(=O)N(Cc1ccc(C)cc1)C1CCN(C(=O)C(C)(C)C)CC1)S(=O)(=O)c1ccccc1. The van der Waals surface area contributed by atoms with Crippen LogP contribution in [-0.2, 0) is 30.9 Å². The number of amides is 2. The number of rotatable bonds is 10. The third kappa shape index (κ3) is 7.65. The maximum Gasteiger partial charge on any atom is 0.243 e. The molecule has 8 nitrogen and oxygen atoms in total. The van der Waals surface area contributed by atoms with E-state index in [4.69, 9.17) is 4.74 Å². The first-order chi connectivity index (χ1) is 17.9. The van der Waals surface area contributed by atoms with E-state index in [0.717, 1.165) is 11.1 Å². The van der Waals surface area contributed by atoms with Gasteiger partial charge in [-0.15, -0.1) is 0 Å². The number of aryl methyl sites for hydroxylation is 1. The van der Waals surface area contributed by atoms with Crippen molar-refractivity contribution in [1.82, 2.24) is 14.1 Å². The Hall–Kier alpha value is -2.75. The molecule has 1 heterocycles. The Morgan fingerprint density at radius 2 is 1.61 bits per heavy atom. The number of likely N-dealkylation sites (tertiary alicyclic amines) is 1. The van der Waals surface area contributed by atoms with Crippen LogP contribution in [0.25, 0.3) is 0 Å².